The molecule has 2 aromatic rings. The number of hydrogen-bond acceptors (Lipinski definition) is 5. The van der Waals surface area contributed by atoms with Gasteiger partial charge in [-0.1, -0.05) is 11.6 Å². The molecule has 0 N–H and O–H groups in total. The molecule has 124 valence electrons. The van der Waals surface area contributed by atoms with Crippen molar-refractivity contribution in [3.05, 3.63) is 23.0 Å². The molecule has 0 unspecified atom stereocenters. The zero-order chi connectivity index (χ0) is 16.6. The fourth-order valence-electron chi connectivity index (χ4n) is 2.81. The normalized spacial score (nSPS) is 16.2. The monoisotopic (exact) mass is 336 g/mol. The lowest BCUT2D eigenvalue weighted by atomic mass is 10.2. The van der Waals surface area contributed by atoms with E-state index in [1.165, 1.54) is 12.8 Å². The van der Waals surface area contributed by atoms with Crippen LogP contribution in [0.3, 0.4) is 0 Å². The van der Waals surface area contributed by atoms with Crippen molar-refractivity contribution in [1.82, 2.24) is 19.7 Å². The van der Waals surface area contributed by atoms with Crippen molar-refractivity contribution in [2.24, 2.45) is 0 Å². The number of rotatable bonds is 2. The van der Waals surface area contributed by atoms with Crippen LogP contribution >= 0.6 is 11.6 Å². The fourth-order valence-corrected chi connectivity index (χ4v) is 3.09. The van der Waals surface area contributed by atoms with E-state index in [2.05, 4.69) is 15.0 Å². The lowest BCUT2D eigenvalue weighted by Gasteiger charge is -2.19. The van der Waals surface area contributed by atoms with Gasteiger partial charge in [-0.05, 0) is 58.3 Å². The van der Waals surface area contributed by atoms with Crippen molar-refractivity contribution in [2.75, 3.05) is 13.1 Å². The van der Waals surface area contributed by atoms with Gasteiger partial charge >= 0.3 is 6.09 Å². The van der Waals surface area contributed by atoms with Gasteiger partial charge in [-0.2, -0.15) is 0 Å². The Morgan fingerprint density at radius 2 is 2.04 bits per heavy atom. The van der Waals surface area contributed by atoms with E-state index in [4.69, 9.17) is 16.3 Å². The Hall–Kier alpha value is -1.66. The minimum Gasteiger partial charge on any atom is -0.442 e. The molecule has 23 heavy (non-hydrogen) atoms. The lowest BCUT2D eigenvalue weighted by molar-refractivity contribution is 0.0522. The van der Waals surface area contributed by atoms with Crippen LogP contribution in [0.4, 0.5) is 4.79 Å². The summed E-state index contributed by atoms with van der Waals surface area (Å²) in [5.74, 6) is 0. The molecule has 6 nitrogen and oxygen atoms in total. The van der Waals surface area contributed by atoms with E-state index in [0.29, 0.717) is 5.65 Å². The third-order valence-corrected chi connectivity index (χ3v) is 4.04. The van der Waals surface area contributed by atoms with Crippen LogP contribution in [0.25, 0.3) is 11.0 Å². The molecule has 0 atom stereocenters. The topological polar surface area (TPSA) is 60.3 Å². The summed E-state index contributed by atoms with van der Waals surface area (Å²) in [5.41, 5.74) is 0.882. The van der Waals surface area contributed by atoms with E-state index in [0.717, 1.165) is 35.3 Å². The highest BCUT2D eigenvalue weighted by atomic mass is 35.5. The van der Waals surface area contributed by atoms with Gasteiger partial charge in [0.1, 0.15) is 5.60 Å². The van der Waals surface area contributed by atoms with Crippen LogP contribution in [0.5, 0.6) is 0 Å². The summed E-state index contributed by atoms with van der Waals surface area (Å²) in [4.78, 5) is 19.0. The van der Waals surface area contributed by atoms with Crippen LogP contribution in [0, 0.1) is 0 Å². The number of carbonyl (C=O) groups is 1. The highest BCUT2D eigenvalue weighted by Crippen LogP contribution is 2.27. The van der Waals surface area contributed by atoms with Crippen molar-refractivity contribution < 1.29 is 9.53 Å². The first-order valence-corrected chi connectivity index (χ1v) is 8.21. The van der Waals surface area contributed by atoms with Gasteiger partial charge in [0.05, 0.1) is 5.39 Å². The van der Waals surface area contributed by atoms with Crippen LogP contribution in [0.2, 0.25) is 5.15 Å². The molecule has 7 heteroatoms. The number of ether oxygens (including phenoxy) is 1. The van der Waals surface area contributed by atoms with E-state index < -0.39 is 11.7 Å². The van der Waals surface area contributed by atoms with E-state index in [1.807, 2.05) is 26.8 Å². The van der Waals surface area contributed by atoms with E-state index in [9.17, 15) is 4.79 Å². The summed E-state index contributed by atoms with van der Waals surface area (Å²) in [6, 6.07) is 1.94. The molecule has 3 heterocycles. The first-order chi connectivity index (χ1) is 10.8. The molecule has 1 saturated heterocycles. The van der Waals surface area contributed by atoms with Crippen molar-refractivity contribution >= 4 is 28.7 Å². The quantitative estimate of drug-likeness (QED) is 0.840. The predicted molar refractivity (Wildman–Crippen MR) is 88.7 cm³/mol. The van der Waals surface area contributed by atoms with Gasteiger partial charge in [0, 0.05) is 12.7 Å². The summed E-state index contributed by atoms with van der Waals surface area (Å²) in [5, 5.41) is 5.15. The number of fused-ring (bicyclic) bond motifs is 1. The molecular weight excluding hydrogens is 316 g/mol. The van der Waals surface area contributed by atoms with Crippen molar-refractivity contribution in [3.63, 3.8) is 0 Å². The molecule has 0 spiro atoms. The molecular formula is C16H21ClN4O2. The molecule has 0 amide bonds. The average Bonchev–Trinajstić information content (AvgIpc) is 3.06. The summed E-state index contributed by atoms with van der Waals surface area (Å²) in [6.45, 7) is 8.39. The first kappa shape index (κ1) is 16.2. The molecule has 1 fully saturated rings. The van der Waals surface area contributed by atoms with Gasteiger partial charge in [-0.3, -0.25) is 4.90 Å². The van der Waals surface area contributed by atoms with Crippen LogP contribution in [-0.2, 0) is 11.3 Å². The largest absolute Gasteiger partial charge is 0.442 e. The summed E-state index contributed by atoms with van der Waals surface area (Å²) < 4.78 is 6.52. The second-order valence-electron chi connectivity index (χ2n) is 6.83. The van der Waals surface area contributed by atoms with Gasteiger partial charge in [0.15, 0.2) is 10.8 Å². The number of halogens is 1. The van der Waals surface area contributed by atoms with Crippen LogP contribution in [0.15, 0.2) is 12.3 Å². The maximum atomic E-state index is 12.3. The Bertz CT molecular complexity index is 729. The maximum Gasteiger partial charge on any atom is 0.437 e. The summed E-state index contributed by atoms with van der Waals surface area (Å²) in [6.07, 6.45) is 3.56. The second-order valence-corrected chi connectivity index (χ2v) is 7.19. The summed E-state index contributed by atoms with van der Waals surface area (Å²) in [7, 11) is 0. The second kappa shape index (κ2) is 6.09. The standard InChI is InChI=1S/C16H21ClN4O2/c1-16(2,3)23-15(22)21-14-12(13(17)19-21)11(6-7-18-14)10-20-8-4-5-9-20/h6-7H,4-5,8-10H2,1-3H3. The molecule has 1 aliphatic heterocycles. The van der Waals surface area contributed by atoms with Gasteiger partial charge in [0.2, 0.25) is 0 Å². The van der Waals surface area contributed by atoms with E-state index >= 15 is 0 Å². The lowest BCUT2D eigenvalue weighted by Crippen LogP contribution is -2.27. The number of pyridine rings is 1. The maximum absolute atomic E-state index is 12.3. The van der Waals surface area contributed by atoms with Crippen LogP contribution < -0.4 is 0 Å². The Balaban J connectivity index is 1.97. The third-order valence-electron chi connectivity index (χ3n) is 3.77. The van der Waals surface area contributed by atoms with Crippen molar-refractivity contribution in [1.29, 1.82) is 0 Å². The Kier molecular flexibility index (Phi) is 4.29. The average molecular weight is 337 g/mol. The Morgan fingerprint density at radius 1 is 1.35 bits per heavy atom. The molecule has 0 bridgehead atoms. The number of hydrogen-bond donors (Lipinski definition) is 0. The molecule has 1 aliphatic rings. The van der Waals surface area contributed by atoms with Crippen LogP contribution in [0.1, 0.15) is 39.2 Å². The molecule has 0 aromatic carbocycles. The van der Waals surface area contributed by atoms with Crippen LogP contribution in [-0.4, -0.2) is 44.4 Å². The highest BCUT2D eigenvalue weighted by Gasteiger charge is 2.24. The Labute approximate surface area is 140 Å². The zero-order valence-corrected chi connectivity index (χ0v) is 14.4. The summed E-state index contributed by atoms with van der Waals surface area (Å²) >= 11 is 6.29. The number of nitrogens with zero attached hydrogens (tertiary/aromatic N) is 4. The number of likely N-dealkylation sites (tertiary alicyclic amines) is 1. The van der Waals surface area contributed by atoms with Crippen molar-refractivity contribution in [3.8, 4) is 0 Å². The number of carbonyl (C=O) groups excluding carboxylic acids is 1. The highest BCUT2D eigenvalue weighted by molar-refractivity contribution is 6.34. The minimum absolute atomic E-state index is 0.285. The molecule has 0 aliphatic carbocycles. The Morgan fingerprint density at radius 3 is 2.70 bits per heavy atom. The fraction of sp³-hybridized carbons (Fsp3) is 0.562. The third kappa shape index (κ3) is 3.48. The molecule has 2 aromatic heterocycles. The minimum atomic E-state index is -0.602. The SMILES string of the molecule is CC(C)(C)OC(=O)n1nc(Cl)c2c(CN3CCCC3)ccnc21. The predicted octanol–water partition coefficient (Wildman–Crippen LogP) is 3.46. The molecule has 0 radical (unpaired) electrons. The van der Waals surface area contributed by atoms with Gasteiger partial charge in [0.25, 0.3) is 0 Å². The molecule has 0 saturated carbocycles. The smallest absolute Gasteiger partial charge is 0.437 e. The van der Waals surface area contributed by atoms with Gasteiger partial charge in [-0.25, -0.2) is 9.78 Å². The van der Waals surface area contributed by atoms with Gasteiger partial charge in [-0.15, -0.1) is 9.78 Å². The molecule has 3 rings (SSSR count). The van der Waals surface area contributed by atoms with E-state index in [-0.39, 0.29) is 5.15 Å². The first-order valence-electron chi connectivity index (χ1n) is 7.83. The van der Waals surface area contributed by atoms with E-state index in [1.54, 1.807) is 6.20 Å². The number of aromatic nitrogens is 3. The van der Waals surface area contributed by atoms with Gasteiger partial charge < -0.3 is 4.74 Å². The van der Waals surface area contributed by atoms with Crippen molar-refractivity contribution in [2.45, 2.75) is 45.8 Å². The zero-order valence-electron chi connectivity index (χ0n) is 13.7.